The van der Waals surface area contributed by atoms with Gasteiger partial charge < -0.3 is 10.2 Å². The van der Waals surface area contributed by atoms with Gasteiger partial charge >= 0.3 is 0 Å². The van der Waals surface area contributed by atoms with E-state index in [9.17, 15) is 15.0 Å². The number of benzene rings is 3. The van der Waals surface area contributed by atoms with Gasteiger partial charge in [-0.25, -0.2) is 0 Å². The molecule has 0 radical (unpaired) electrons. The molecule has 0 fully saturated rings. The fourth-order valence-electron chi connectivity index (χ4n) is 2.38. The number of ketones is 1. The molecule has 5 nitrogen and oxygen atoms in total. The largest absolute Gasteiger partial charge is 0.505 e. The van der Waals surface area contributed by atoms with Crippen LogP contribution in [0.5, 0.6) is 11.5 Å². The number of carbonyl (C=O) groups excluding carboxylic acids is 1. The summed E-state index contributed by atoms with van der Waals surface area (Å²) in [5, 5.41) is 28.3. The predicted molar refractivity (Wildman–Crippen MR) is 100 cm³/mol. The van der Waals surface area contributed by atoms with Crippen molar-refractivity contribution in [3.05, 3.63) is 90.0 Å². The molecule has 3 aromatic carbocycles. The van der Waals surface area contributed by atoms with Crippen LogP contribution in [-0.2, 0) is 0 Å². The van der Waals surface area contributed by atoms with Crippen molar-refractivity contribution in [3.8, 4) is 11.5 Å². The van der Waals surface area contributed by atoms with E-state index in [4.69, 9.17) is 0 Å². The Morgan fingerprint density at radius 3 is 2.23 bits per heavy atom. The van der Waals surface area contributed by atoms with Crippen molar-refractivity contribution in [2.75, 3.05) is 0 Å². The molecule has 0 bridgehead atoms. The third kappa shape index (κ3) is 3.52. The second kappa shape index (κ2) is 7.44. The number of phenolic OH excluding ortho intramolecular Hbond substituents is 2. The van der Waals surface area contributed by atoms with E-state index in [0.29, 0.717) is 11.3 Å². The van der Waals surface area contributed by atoms with Crippen molar-refractivity contribution in [2.24, 2.45) is 10.2 Å². The van der Waals surface area contributed by atoms with Gasteiger partial charge in [0.1, 0.15) is 5.75 Å². The Morgan fingerprint density at radius 1 is 0.885 bits per heavy atom. The van der Waals surface area contributed by atoms with E-state index < -0.39 is 5.75 Å². The molecule has 0 aromatic heterocycles. The lowest BCUT2D eigenvalue weighted by Gasteiger charge is -2.07. The zero-order valence-electron chi connectivity index (χ0n) is 13.8. The van der Waals surface area contributed by atoms with Crippen LogP contribution >= 0.6 is 0 Å². The average molecular weight is 344 g/mol. The van der Waals surface area contributed by atoms with Crippen molar-refractivity contribution < 1.29 is 15.0 Å². The lowest BCUT2D eigenvalue weighted by Crippen LogP contribution is -2.01. The molecule has 3 aromatic rings. The van der Waals surface area contributed by atoms with Gasteiger partial charge in [-0.2, -0.15) is 5.11 Å². The van der Waals surface area contributed by atoms with E-state index >= 15 is 0 Å². The van der Waals surface area contributed by atoms with Gasteiger partial charge in [0.25, 0.3) is 0 Å². The normalized spacial score (nSPS) is 10.8. The molecule has 0 aliphatic rings. The number of carbonyl (C=O) groups is 1. The summed E-state index contributed by atoms with van der Waals surface area (Å²) >= 11 is 0. The van der Waals surface area contributed by atoms with E-state index in [0.717, 1.165) is 5.56 Å². The molecule has 0 spiro atoms. The molecular weight excluding hydrogens is 328 g/mol. The van der Waals surface area contributed by atoms with Gasteiger partial charge in [0, 0.05) is 5.56 Å². The first-order valence-corrected chi connectivity index (χ1v) is 7.89. The zero-order valence-corrected chi connectivity index (χ0v) is 13.8. The van der Waals surface area contributed by atoms with Crippen molar-refractivity contribution in [3.63, 3.8) is 0 Å². The SMILES string of the molecule is C=Cc1ccc(N=Nc2c(O)ccc(C(=O)c3ccccc3)c2O)cc1. The van der Waals surface area contributed by atoms with Crippen LogP contribution in [0.4, 0.5) is 11.4 Å². The molecule has 26 heavy (non-hydrogen) atoms. The van der Waals surface area contributed by atoms with Crippen LogP contribution in [0.15, 0.2) is 83.5 Å². The first-order chi connectivity index (χ1) is 12.6. The number of hydrogen-bond acceptors (Lipinski definition) is 5. The van der Waals surface area contributed by atoms with Crippen LogP contribution < -0.4 is 0 Å². The van der Waals surface area contributed by atoms with E-state index in [1.54, 1.807) is 48.5 Å². The van der Waals surface area contributed by atoms with Crippen molar-refractivity contribution >= 4 is 23.2 Å². The van der Waals surface area contributed by atoms with E-state index in [2.05, 4.69) is 16.8 Å². The number of rotatable bonds is 5. The molecule has 128 valence electrons. The van der Waals surface area contributed by atoms with Gasteiger partial charge in [0.2, 0.25) is 0 Å². The minimum Gasteiger partial charge on any atom is -0.505 e. The third-order valence-corrected chi connectivity index (χ3v) is 3.80. The topological polar surface area (TPSA) is 82.2 Å². The molecular formula is C21H16N2O3. The zero-order chi connectivity index (χ0) is 18.5. The minimum atomic E-state index is -0.412. The fraction of sp³-hybridized carbons (Fsp3) is 0. The van der Waals surface area contributed by atoms with Gasteiger partial charge in [-0.15, -0.1) is 5.11 Å². The van der Waals surface area contributed by atoms with Gasteiger partial charge in [0.05, 0.1) is 11.3 Å². The summed E-state index contributed by atoms with van der Waals surface area (Å²) in [7, 11) is 0. The smallest absolute Gasteiger partial charge is 0.196 e. The number of hydrogen-bond donors (Lipinski definition) is 2. The highest BCUT2D eigenvalue weighted by molar-refractivity contribution is 6.11. The Morgan fingerprint density at radius 2 is 1.58 bits per heavy atom. The predicted octanol–water partition coefficient (Wildman–Crippen LogP) is 5.39. The Bertz CT molecular complexity index is 978. The summed E-state index contributed by atoms with van der Waals surface area (Å²) in [6.45, 7) is 3.68. The van der Waals surface area contributed by atoms with Crippen molar-refractivity contribution in [2.45, 2.75) is 0 Å². The highest BCUT2D eigenvalue weighted by Gasteiger charge is 2.19. The molecule has 0 heterocycles. The van der Waals surface area contributed by atoms with Gasteiger partial charge in [-0.1, -0.05) is 55.1 Å². The van der Waals surface area contributed by atoms with E-state index in [1.165, 1.54) is 12.1 Å². The first kappa shape index (κ1) is 17.1. The van der Waals surface area contributed by atoms with E-state index in [-0.39, 0.29) is 22.8 Å². The Balaban J connectivity index is 1.95. The number of azo groups is 1. The van der Waals surface area contributed by atoms with Crippen LogP contribution in [0.2, 0.25) is 0 Å². The fourth-order valence-corrected chi connectivity index (χ4v) is 2.38. The second-order valence-electron chi connectivity index (χ2n) is 5.52. The maximum Gasteiger partial charge on any atom is 0.196 e. The lowest BCUT2D eigenvalue weighted by atomic mass is 10.0. The highest BCUT2D eigenvalue weighted by Crippen LogP contribution is 2.40. The van der Waals surface area contributed by atoms with Crippen LogP contribution in [0.25, 0.3) is 6.08 Å². The molecule has 3 rings (SSSR count). The highest BCUT2D eigenvalue weighted by atomic mass is 16.3. The number of phenols is 2. The minimum absolute atomic E-state index is 0.0463. The molecule has 0 atom stereocenters. The average Bonchev–Trinajstić information content (AvgIpc) is 2.68. The van der Waals surface area contributed by atoms with Crippen LogP contribution in [0.1, 0.15) is 21.5 Å². The molecule has 0 amide bonds. The Labute approximate surface area is 150 Å². The van der Waals surface area contributed by atoms with Crippen molar-refractivity contribution in [1.82, 2.24) is 0 Å². The molecule has 2 N–H and O–H groups in total. The van der Waals surface area contributed by atoms with Crippen molar-refractivity contribution in [1.29, 1.82) is 0 Å². The molecule has 0 saturated heterocycles. The summed E-state index contributed by atoms with van der Waals surface area (Å²) in [5.41, 5.74) is 1.79. The Kier molecular flexibility index (Phi) is 4.90. The molecule has 0 aliphatic heterocycles. The maximum absolute atomic E-state index is 12.6. The summed E-state index contributed by atoms with van der Waals surface area (Å²) in [5.74, 6) is -1.04. The van der Waals surface area contributed by atoms with Gasteiger partial charge in [-0.05, 0) is 29.8 Å². The standard InChI is InChI=1S/C21H16N2O3/c1-2-14-8-10-16(11-9-14)22-23-19-18(24)13-12-17(21(19)26)20(25)15-6-4-3-5-7-15/h2-13,24,26H,1H2. The van der Waals surface area contributed by atoms with Gasteiger partial charge in [-0.3, -0.25) is 4.79 Å². The summed E-state index contributed by atoms with van der Waals surface area (Å²) in [4.78, 5) is 12.6. The monoisotopic (exact) mass is 344 g/mol. The molecule has 5 heteroatoms. The summed E-state index contributed by atoms with van der Waals surface area (Å²) < 4.78 is 0. The molecule has 0 unspecified atom stereocenters. The third-order valence-electron chi connectivity index (χ3n) is 3.80. The first-order valence-electron chi connectivity index (χ1n) is 7.89. The van der Waals surface area contributed by atoms with Crippen LogP contribution in [0.3, 0.4) is 0 Å². The molecule has 0 aliphatic carbocycles. The van der Waals surface area contributed by atoms with Crippen LogP contribution in [-0.4, -0.2) is 16.0 Å². The van der Waals surface area contributed by atoms with E-state index in [1.807, 2.05) is 12.1 Å². The van der Waals surface area contributed by atoms with Crippen LogP contribution in [0, 0.1) is 0 Å². The Hall–Kier alpha value is -3.73. The molecule has 0 saturated carbocycles. The number of nitrogens with zero attached hydrogens (tertiary/aromatic N) is 2. The summed E-state index contributed by atoms with van der Waals surface area (Å²) in [6.07, 6.45) is 1.71. The maximum atomic E-state index is 12.6. The summed E-state index contributed by atoms with van der Waals surface area (Å²) in [6, 6.07) is 18.3. The quantitative estimate of drug-likeness (QED) is 0.481. The second-order valence-corrected chi connectivity index (χ2v) is 5.52. The lowest BCUT2D eigenvalue weighted by molar-refractivity contribution is 0.103. The van der Waals surface area contributed by atoms with Gasteiger partial charge in [0.15, 0.2) is 17.2 Å². The number of aromatic hydroxyl groups is 2.